The van der Waals surface area contributed by atoms with Crippen LogP contribution in [-0.4, -0.2) is 36.0 Å². The van der Waals surface area contributed by atoms with Gasteiger partial charge in [-0.3, -0.25) is 14.9 Å². The number of ether oxygens (including phenoxy) is 2. The first-order valence-corrected chi connectivity index (χ1v) is 7.87. The molecule has 0 unspecified atom stereocenters. The third kappa shape index (κ3) is 4.87. The van der Waals surface area contributed by atoms with E-state index in [1.807, 2.05) is 0 Å². The van der Waals surface area contributed by atoms with Gasteiger partial charge in [0.1, 0.15) is 5.82 Å². The number of anilines is 1. The fraction of sp³-hybridized carbons (Fsp3) is 0.167. The minimum absolute atomic E-state index is 0.0984. The van der Waals surface area contributed by atoms with Gasteiger partial charge >= 0.3 is 11.9 Å². The lowest BCUT2D eigenvalue weighted by atomic mass is 10.1. The number of non-ortho nitro benzene ring substituents is 1. The zero-order chi connectivity index (χ0) is 20.8. The van der Waals surface area contributed by atoms with E-state index < -0.39 is 40.4 Å². The molecule has 2 aromatic rings. The number of nitrogens with zero attached hydrogens (tertiary/aromatic N) is 1. The van der Waals surface area contributed by atoms with Gasteiger partial charge in [-0.1, -0.05) is 12.1 Å². The number of esters is 2. The molecule has 1 N–H and O–H groups in total. The lowest BCUT2D eigenvalue weighted by Gasteiger charge is -2.14. The molecular formula is C18H15FN2O7. The Labute approximate surface area is 158 Å². The second kappa shape index (κ2) is 8.71. The predicted molar refractivity (Wildman–Crippen MR) is 94.3 cm³/mol. The SMILES string of the molecule is COC(=O)c1cc(C(=O)O[C@H](C)C(=O)Nc2ccccc2F)cc([N+](=O)[O-])c1. The van der Waals surface area contributed by atoms with E-state index in [-0.39, 0.29) is 16.8 Å². The first-order chi connectivity index (χ1) is 13.2. The Kier molecular flexibility index (Phi) is 6.38. The number of carbonyl (C=O) groups excluding carboxylic acids is 3. The highest BCUT2D eigenvalue weighted by atomic mass is 19.1. The van der Waals surface area contributed by atoms with Crippen molar-refractivity contribution in [2.45, 2.75) is 13.0 Å². The Morgan fingerprint density at radius 1 is 1.11 bits per heavy atom. The number of nitro groups is 1. The number of hydrogen-bond donors (Lipinski definition) is 1. The second-order valence-corrected chi connectivity index (χ2v) is 5.53. The van der Waals surface area contributed by atoms with Crippen molar-refractivity contribution in [1.82, 2.24) is 0 Å². The molecular weight excluding hydrogens is 375 g/mol. The van der Waals surface area contributed by atoms with E-state index in [0.717, 1.165) is 31.4 Å². The zero-order valence-electron chi connectivity index (χ0n) is 14.8. The lowest BCUT2D eigenvalue weighted by Crippen LogP contribution is -2.30. The number of halogens is 1. The first-order valence-electron chi connectivity index (χ1n) is 7.87. The first kappa shape index (κ1) is 20.5. The number of rotatable bonds is 6. The molecule has 0 heterocycles. The zero-order valence-corrected chi connectivity index (χ0v) is 14.8. The van der Waals surface area contributed by atoms with Crippen LogP contribution in [0.3, 0.4) is 0 Å². The van der Waals surface area contributed by atoms with Crippen LogP contribution < -0.4 is 5.32 Å². The maximum Gasteiger partial charge on any atom is 0.339 e. The largest absolute Gasteiger partial charge is 0.465 e. The van der Waals surface area contributed by atoms with Crippen molar-refractivity contribution in [3.63, 3.8) is 0 Å². The quantitative estimate of drug-likeness (QED) is 0.457. The number of amides is 1. The molecule has 0 fully saturated rings. The number of para-hydroxylation sites is 1. The molecule has 0 aliphatic rings. The standard InChI is InChI=1S/C18H15FN2O7/c1-10(16(22)20-15-6-4-3-5-14(15)19)28-18(24)12-7-11(17(23)27-2)8-13(9-12)21(25)26/h3-10H,1-2H3,(H,20,22)/t10-/m1/s1. The smallest absolute Gasteiger partial charge is 0.339 e. The molecule has 146 valence electrons. The molecule has 0 spiro atoms. The van der Waals surface area contributed by atoms with Crippen LogP contribution in [0.25, 0.3) is 0 Å². The number of nitrogens with one attached hydrogen (secondary N) is 1. The van der Waals surface area contributed by atoms with Crippen molar-refractivity contribution in [1.29, 1.82) is 0 Å². The van der Waals surface area contributed by atoms with Gasteiger partial charge in [-0.2, -0.15) is 0 Å². The van der Waals surface area contributed by atoms with Crippen molar-refractivity contribution >= 4 is 29.2 Å². The summed E-state index contributed by atoms with van der Waals surface area (Å²) < 4.78 is 23.0. The summed E-state index contributed by atoms with van der Waals surface area (Å²) in [7, 11) is 1.08. The molecule has 0 aliphatic carbocycles. The van der Waals surface area contributed by atoms with Crippen molar-refractivity contribution in [2.75, 3.05) is 12.4 Å². The number of hydrogen-bond acceptors (Lipinski definition) is 7. The monoisotopic (exact) mass is 390 g/mol. The van der Waals surface area contributed by atoms with Crippen LogP contribution in [0.15, 0.2) is 42.5 Å². The van der Waals surface area contributed by atoms with Crippen molar-refractivity contribution in [3.05, 3.63) is 69.5 Å². The maximum atomic E-state index is 13.6. The van der Waals surface area contributed by atoms with Crippen LogP contribution >= 0.6 is 0 Å². The van der Waals surface area contributed by atoms with E-state index in [2.05, 4.69) is 10.1 Å². The average molecular weight is 390 g/mol. The van der Waals surface area contributed by atoms with Gasteiger partial charge in [0.15, 0.2) is 6.10 Å². The summed E-state index contributed by atoms with van der Waals surface area (Å²) in [5.41, 5.74) is -1.18. The molecule has 2 aromatic carbocycles. The molecule has 1 amide bonds. The summed E-state index contributed by atoms with van der Waals surface area (Å²) >= 11 is 0. The molecule has 1 atom stereocenters. The van der Waals surface area contributed by atoms with E-state index in [9.17, 15) is 28.9 Å². The van der Waals surface area contributed by atoms with Crippen LogP contribution in [0, 0.1) is 15.9 Å². The second-order valence-electron chi connectivity index (χ2n) is 5.53. The van der Waals surface area contributed by atoms with Crippen LogP contribution in [-0.2, 0) is 14.3 Å². The summed E-state index contributed by atoms with van der Waals surface area (Å²) in [6, 6.07) is 8.30. The van der Waals surface area contributed by atoms with Gasteiger partial charge in [0.05, 0.1) is 28.8 Å². The number of methoxy groups -OCH3 is 1. The van der Waals surface area contributed by atoms with Crippen LogP contribution in [0.1, 0.15) is 27.6 Å². The third-order valence-corrected chi connectivity index (χ3v) is 3.57. The Hall–Kier alpha value is -3.82. The molecule has 0 saturated carbocycles. The van der Waals surface area contributed by atoms with Gasteiger partial charge in [0.25, 0.3) is 11.6 Å². The minimum atomic E-state index is -1.34. The van der Waals surface area contributed by atoms with Gasteiger partial charge in [-0.05, 0) is 25.1 Å². The van der Waals surface area contributed by atoms with Crippen molar-refractivity contribution in [3.8, 4) is 0 Å². The number of nitro benzene ring substituents is 1. The van der Waals surface area contributed by atoms with Gasteiger partial charge in [-0.25, -0.2) is 14.0 Å². The maximum absolute atomic E-state index is 13.6. The highest BCUT2D eigenvalue weighted by Gasteiger charge is 2.23. The molecule has 0 radical (unpaired) electrons. The number of benzene rings is 2. The topological polar surface area (TPSA) is 125 Å². The van der Waals surface area contributed by atoms with E-state index in [0.29, 0.717) is 0 Å². The third-order valence-electron chi connectivity index (χ3n) is 3.57. The van der Waals surface area contributed by atoms with E-state index >= 15 is 0 Å². The molecule has 0 aromatic heterocycles. The van der Waals surface area contributed by atoms with Crippen molar-refractivity contribution in [2.24, 2.45) is 0 Å². The molecule has 0 saturated heterocycles. The summed E-state index contributed by atoms with van der Waals surface area (Å²) in [4.78, 5) is 46.2. The fourth-order valence-corrected chi connectivity index (χ4v) is 2.15. The van der Waals surface area contributed by atoms with Gasteiger partial charge in [0.2, 0.25) is 0 Å². The Morgan fingerprint density at radius 2 is 1.71 bits per heavy atom. The highest BCUT2D eigenvalue weighted by Crippen LogP contribution is 2.20. The van der Waals surface area contributed by atoms with Gasteiger partial charge in [0, 0.05) is 12.1 Å². The summed E-state index contributed by atoms with van der Waals surface area (Å²) in [5, 5.41) is 13.3. The fourth-order valence-electron chi connectivity index (χ4n) is 2.15. The van der Waals surface area contributed by atoms with Crippen LogP contribution in [0.2, 0.25) is 0 Å². The molecule has 2 rings (SSSR count). The van der Waals surface area contributed by atoms with Gasteiger partial charge in [-0.15, -0.1) is 0 Å². The normalized spacial score (nSPS) is 11.2. The predicted octanol–water partition coefficient (Wildman–Crippen LogP) is 2.70. The molecule has 10 heteroatoms. The van der Waals surface area contributed by atoms with Crippen LogP contribution in [0.5, 0.6) is 0 Å². The number of carbonyl (C=O) groups is 3. The minimum Gasteiger partial charge on any atom is -0.465 e. The molecule has 0 bridgehead atoms. The average Bonchev–Trinajstić information content (AvgIpc) is 2.68. The van der Waals surface area contributed by atoms with Crippen molar-refractivity contribution < 1.29 is 33.2 Å². The summed E-state index contributed by atoms with van der Waals surface area (Å²) in [6.45, 7) is 1.24. The summed E-state index contributed by atoms with van der Waals surface area (Å²) in [5.74, 6) is -3.44. The Bertz CT molecular complexity index is 945. The lowest BCUT2D eigenvalue weighted by molar-refractivity contribution is -0.384. The molecule has 28 heavy (non-hydrogen) atoms. The molecule has 9 nitrogen and oxygen atoms in total. The van der Waals surface area contributed by atoms with Crippen LogP contribution in [0.4, 0.5) is 15.8 Å². The van der Waals surface area contributed by atoms with E-state index in [1.54, 1.807) is 0 Å². The Balaban J connectivity index is 2.18. The molecule has 0 aliphatic heterocycles. The van der Waals surface area contributed by atoms with E-state index in [1.165, 1.54) is 25.1 Å². The highest BCUT2D eigenvalue weighted by molar-refractivity contribution is 5.99. The van der Waals surface area contributed by atoms with Gasteiger partial charge < -0.3 is 14.8 Å². The summed E-state index contributed by atoms with van der Waals surface area (Å²) in [6.07, 6.45) is -1.34. The Morgan fingerprint density at radius 3 is 2.29 bits per heavy atom. The van der Waals surface area contributed by atoms with E-state index in [4.69, 9.17) is 4.74 Å².